The maximum Gasteiger partial charge on any atom is 0.141 e. The van der Waals surface area contributed by atoms with E-state index in [1.54, 1.807) is 0 Å². The molecule has 0 atom stereocenters. The van der Waals surface area contributed by atoms with E-state index in [0.29, 0.717) is 12.3 Å². The number of nitrogens with zero attached hydrogens (tertiary/aromatic N) is 4. The summed E-state index contributed by atoms with van der Waals surface area (Å²) in [5.41, 5.74) is 6.94. The van der Waals surface area contributed by atoms with Gasteiger partial charge in [0.25, 0.3) is 0 Å². The number of hydrogen-bond donors (Lipinski definition) is 1. The SMILES string of the molecule is CCCOc1ccc(CC(N)=Nn2cnnc2)cc1. The summed E-state index contributed by atoms with van der Waals surface area (Å²) < 4.78 is 7.00. The summed E-state index contributed by atoms with van der Waals surface area (Å²) in [6, 6.07) is 7.85. The van der Waals surface area contributed by atoms with Gasteiger partial charge in [-0.1, -0.05) is 19.1 Å². The maximum atomic E-state index is 5.86. The summed E-state index contributed by atoms with van der Waals surface area (Å²) >= 11 is 0. The maximum absolute atomic E-state index is 5.86. The average molecular weight is 259 g/mol. The number of amidine groups is 1. The van der Waals surface area contributed by atoms with Gasteiger partial charge in [0, 0.05) is 6.42 Å². The minimum absolute atomic E-state index is 0.502. The normalized spacial score (nSPS) is 11.5. The summed E-state index contributed by atoms with van der Waals surface area (Å²) in [4.78, 5) is 0. The molecule has 0 saturated carbocycles. The van der Waals surface area contributed by atoms with Crippen LogP contribution in [-0.4, -0.2) is 27.3 Å². The lowest BCUT2D eigenvalue weighted by Crippen LogP contribution is -2.16. The second kappa shape index (κ2) is 6.53. The van der Waals surface area contributed by atoms with E-state index < -0.39 is 0 Å². The van der Waals surface area contributed by atoms with Gasteiger partial charge in [-0.15, -0.1) is 10.2 Å². The number of aromatic nitrogens is 3. The predicted molar refractivity (Wildman–Crippen MR) is 73.0 cm³/mol. The molecule has 0 radical (unpaired) electrons. The molecule has 2 rings (SSSR count). The van der Waals surface area contributed by atoms with Crippen molar-refractivity contribution in [3.63, 3.8) is 0 Å². The molecule has 0 bridgehead atoms. The topological polar surface area (TPSA) is 78.3 Å². The molecular formula is C13H17N5O. The molecule has 19 heavy (non-hydrogen) atoms. The van der Waals surface area contributed by atoms with Gasteiger partial charge >= 0.3 is 0 Å². The van der Waals surface area contributed by atoms with E-state index in [9.17, 15) is 0 Å². The molecule has 0 fully saturated rings. The van der Waals surface area contributed by atoms with E-state index >= 15 is 0 Å². The molecule has 0 aliphatic heterocycles. The summed E-state index contributed by atoms with van der Waals surface area (Å²) in [5.74, 6) is 1.38. The molecule has 6 heteroatoms. The van der Waals surface area contributed by atoms with Crippen LogP contribution in [0.4, 0.5) is 0 Å². The molecule has 100 valence electrons. The lowest BCUT2D eigenvalue weighted by atomic mass is 10.1. The highest BCUT2D eigenvalue weighted by Crippen LogP contribution is 2.12. The van der Waals surface area contributed by atoms with Crippen molar-refractivity contribution in [3.8, 4) is 5.75 Å². The summed E-state index contributed by atoms with van der Waals surface area (Å²) in [5, 5.41) is 11.5. The summed E-state index contributed by atoms with van der Waals surface area (Å²) in [7, 11) is 0. The van der Waals surface area contributed by atoms with Gasteiger partial charge in [-0.05, 0) is 24.1 Å². The van der Waals surface area contributed by atoms with Crippen molar-refractivity contribution >= 4 is 5.84 Å². The Morgan fingerprint density at radius 3 is 2.58 bits per heavy atom. The number of ether oxygens (including phenoxy) is 1. The smallest absolute Gasteiger partial charge is 0.141 e. The highest BCUT2D eigenvalue weighted by molar-refractivity contribution is 5.82. The molecule has 2 N–H and O–H groups in total. The lowest BCUT2D eigenvalue weighted by molar-refractivity contribution is 0.317. The fourth-order valence-corrected chi connectivity index (χ4v) is 1.56. The fourth-order valence-electron chi connectivity index (χ4n) is 1.56. The zero-order valence-corrected chi connectivity index (χ0v) is 10.9. The van der Waals surface area contributed by atoms with E-state index in [1.807, 2.05) is 24.3 Å². The highest BCUT2D eigenvalue weighted by Gasteiger charge is 1.99. The molecule has 0 unspecified atom stereocenters. The van der Waals surface area contributed by atoms with Crippen LogP contribution in [0, 0.1) is 0 Å². The van der Waals surface area contributed by atoms with Gasteiger partial charge in [-0.2, -0.15) is 5.10 Å². The van der Waals surface area contributed by atoms with Gasteiger partial charge in [0.1, 0.15) is 24.2 Å². The molecule has 0 aliphatic carbocycles. The van der Waals surface area contributed by atoms with Crippen LogP contribution in [0.3, 0.4) is 0 Å². The summed E-state index contributed by atoms with van der Waals surface area (Å²) in [6.45, 7) is 2.81. The number of rotatable bonds is 6. The largest absolute Gasteiger partial charge is 0.494 e. The first-order valence-corrected chi connectivity index (χ1v) is 6.17. The predicted octanol–water partition coefficient (Wildman–Crippen LogP) is 1.43. The van der Waals surface area contributed by atoms with E-state index in [1.165, 1.54) is 17.3 Å². The first-order valence-electron chi connectivity index (χ1n) is 6.17. The van der Waals surface area contributed by atoms with Crippen molar-refractivity contribution in [2.24, 2.45) is 10.8 Å². The van der Waals surface area contributed by atoms with Gasteiger partial charge in [0.05, 0.1) is 6.61 Å². The van der Waals surface area contributed by atoms with Gasteiger partial charge in [-0.25, -0.2) is 4.68 Å². The van der Waals surface area contributed by atoms with Crippen LogP contribution >= 0.6 is 0 Å². The van der Waals surface area contributed by atoms with Gasteiger partial charge in [-0.3, -0.25) is 0 Å². The third-order valence-electron chi connectivity index (χ3n) is 2.43. The second-order valence-corrected chi connectivity index (χ2v) is 4.10. The molecule has 0 aliphatic rings. The van der Waals surface area contributed by atoms with E-state index in [2.05, 4.69) is 22.2 Å². The zero-order valence-electron chi connectivity index (χ0n) is 10.9. The second-order valence-electron chi connectivity index (χ2n) is 4.10. The minimum atomic E-state index is 0.502. The van der Waals surface area contributed by atoms with Crippen LogP contribution in [0.1, 0.15) is 18.9 Å². The van der Waals surface area contributed by atoms with Crippen LogP contribution in [0.5, 0.6) is 5.75 Å². The first-order chi connectivity index (χ1) is 9.28. The van der Waals surface area contributed by atoms with Crippen LogP contribution in [0.25, 0.3) is 0 Å². The van der Waals surface area contributed by atoms with E-state index in [0.717, 1.165) is 24.3 Å². The molecule has 2 aromatic rings. The Hall–Kier alpha value is -2.37. The fraction of sp³-hybridized carbons (Fsp3) is 0.308. The van der Waals surface area contributed by atoms with Crippen molar-refractivity contribution < 1.29 is 4.74 Å². The Kier molecular flexibility index (Phi) is 4.49. The van der Waals surface area contributed by atoms with Gasteiger partial charge < -0.3 is 10.5 Å². The first kappa shape index (κ1) is 13.1. The van der Waals surface area contributed by atoms with E-state index in [-0.39, 0.29) is 0 Å². The van der Waals surface area contributed by atoms with Crippen LogP contribution < -0.4 is 10.5 Å². The summed E-state index contributed by atoms with van der Waals surface area (Å²) in [6.07, 6.45) is 4.57. The van der Waals surface area contributed by atoms with Crippen LogP contribution in [-0.2, 0) is 6.42 Å². The Balaban J connectivity index is 1.95. The third kappa shape index (κ3) is 4.09. The Morgan fingerprint density at radius 2 is 1.95 bits per heavy atom. The van der Waals surface area contributed by atoms with Gasteiger partial charge in [0.15, 0.2) is 0 Å². The molecule has 0 saturated heterocycles. The van der Waals surface area contributed by atoms with Crippen molar-refractivity contribution in [1.82, 2.24) is 14.9 Å². The zero-order chi connectivity index (χ0) is 13.5. The number of nitrogens with two attached hydrogens (primary N) is 1. The minimum Gasteiger partial charge on any atom is -0.494 e. The van der Waals surface area contributed by atoms with Crippen molar-refractivity contribution in [1.29, 1.82) is 0 Å². The Labute approximate surface area is 111 Å². The molecular weight excluding hydrogens is 242 g/mol. The van der Waals surface area contributed by atoms with Crippen molar-refractivity contribution in [3.05, 3.63) is 42.5 Å². The number of hydrogen-bond acceptors (Lipinski definition) is 4. The van der Waals surface area contributed by atoms with Crippen molar-refractivity contribution in [2.75, 3.05) is 6.61 Å². The molecule has 6 nitrogen and oxygen atoms in total. The standard InChI is InChI=1S/C13H17N5O/c1-2-7-19-12-5-3-11(4-6-12)8-13(14)17-18-9-15-16-10-18/h3-6,9-10H,2,7-8H2,1H3,(H2,14,17). The Morgan fingerprint density at radius 1 is 1.26 bits per heavy atom. The average Bonchev–Trinajstić information content (AvgIpc) is 2.90. The highest BCUT2D eigenvalue weighted by atomic mass is 16.5. The molecule has 0 amide bonds. The molecule has 0 spiro atoms. The molecule has 1 heterocycles. The third-order valence-corrected chi connectivity index (χ3v) is 2.43. The van der Waals surface area contributed by atoms with Crippen LogP contribution in [0.2, 0.25) is 0 Å². The molecule has 1 aromatic heterocycles. The number of benzene rings is 1. The van der Waals surface area contributed by atoms with Crippen LogP contribution in [0.15, 0.2) is 42.0 Å². The van der Waals surface area contributed by atoms with Crippen molar-refractivity contribution in [2.45, 2.75) is 19.8 Å². The molecule has 1 aromatic carbocycles. The quantitative estimate of drug-likeness (QED) is 0.628. The van der Waals surface area contributed by atoms with E-state index in [4.69, 9.17) is 10.5 Å². The Bertz CT molecular complexity index is 518. The van der Waals surface area contributed by atoms with Gasteiger partial charge in [0.2, 0.25) is 0 Å². The lowest BCUT2D eigenvalue weighted by Gasteiger charge is -2.06. The monoisotopic (exact) mass is 259 g/mol.